The number of hydrogen-bond donors (Lipinski definition) is 2. The third-order valence-corrected chi connectivity index (χ3v) is 4.44. The van der Waals surface area contributed by atoms with Gasteiger partial charge in [-0.3, -0.25) is 0 Å². The van der Waals surface area contributed by atoms with E-state index in [0.29, 0.717) is 18.1 Å². The lowest BCUT2D eigenvalue weighted by Crippen LogP contribution is -2.39. The zero-order valence-corrected chi connectivity index (χ0v) is 11.0. The first-order valence-electron chi connectivity index (χ1n) is 7.39. The molecule has 98 valence electrons. The summed E-state index contributed by atoms with van der Waals surface area (Å²) in [5.41, 5.74) is 7.45. The lowest BCUT2D eigenvalue weighted by Gasteiger charge is -2.31. The Hall–Kier alpha value is -0.860. The average molecular weight is 244 g/mol. The standard InChI is InChI=1S/C16H24N2/c17-14-8-10-15(11-9-14)18-16(13-6-7-13)12-4-2-1-3-5-12/h1-5,13-16,18H,6-11,17H2. The highest BCUT2D eigenvalue weighted by atomic mass is 15.0. The molecule has 0 amide bonds. The van der Waals surface area contributed by atoms with Gasteiger partial charge in [0, 0.05) is 18.1 Å². The second-order valence-corrected chi connectivity index (χ2v) is 6.00. The van der Waals surface area contributed by atoms with E-state index >= 15 is 0 Å². The molecule has 0 heterocycles. The van der Waals surface area contributed by atoms with Gasteiger partial charge in [-0.1, -0.05) is 30.3 Å². The lowest BCUT2D eigenvalue weighted by molar-refractivity contribution is 0.303. The van der Waals surface area contributed by atoms with Crippen LogP contribution in [0.15, 0.2) is 30.3 Å². The molecule has 1 aromatic rings. The Morgan fingerprint density at radius 2 is 1.61 bits per heavy atom. The van der Waals surface area contributed by atoms with E-state index in [2.05, 4.69) is 35.6 Å². The van der Waals surface area contributed by atoms with Crippen LogP contribution in [0.3, 0.4) is 0 Å². The summed E-state index contributed by atoms with van der Waals surface area (Å²) in [7, 11) is 0. The normalized spacial score (nSPS) is 30.1. The molecule has 0 aliphatic heterocycles. The highest BCUT2D eigenvalue weighted by Crippen LogP contribution is 2.41. The molecule has 1 atom stereocenters. The first-order valence-corrected chi connectivity index (χ1v) is 7.39. The van der Waals surface area contributed by atoms with E-state index in [9.17, 15) is 0 Å². The fourth-order valence-corrected chi connectivity index (χ4v) is 3.13. The van der Waals surface area contributed by atoms with Crippen LogP contribution in [0.1, 0.15) is 50.1 Å². The van der Waals surface area contributed by atoms with Crippen LogP contribution in [-0.4, -0.2) is 12.1 Å². The maximum Gasteiger partial charge on any atom is 0.0351 e. The van der Waals surface area contributed by atoms with Crippen LogP contribution in [0, 0.1) is 5.92 Å². The van der Waals surface area contributed by atoms with E-state index in [4.69, 9.17) is 5.73 Å². The molecule has 1 aromatic carbocycles. The molecule has 2 heteroatoms. The summed E-state index contributed by atoms with van der Waals surface area (Å²) in [6, 6.07) is 12.6. The number of rotatable bonds is 4. The predicted octanol–water partition coefficient (Wildman–Crippen LogP) is 3.00. The lowest BCUT2D eigenvalue weighted by atomic mass is 9.90. The van der Waals surface area contributed by atoms with Gasteiger partial charge < -0.3 is 11.1 Å². The summed E-state index contributed by atoms with van der Waals surface area (Å²) in [6.07, 6.45) is 7.64. The van der Waals surface area contributed by atoms with Crippen molar-refractivity contribution >= 4 is 0 Å². The van der Waals surface area contributed by atoms with E-state index in [0.717, 1.165) is 5.92 Å². The van der Waals surface area contributed by atoms with Gasteiger partial charge in [-0.25, -0.2) is 0 Å². The Balaban J connectivity index is 1.64. The number of nitrogens with one attached hydrogen (secondary N) is 1. The van der Waals surface area contributed by atoms with Crippen LogP contribution in [0.5, 0.6) is 0 Å². The zero-order valence-electron chi connectivity index (χ0n) is 11.0. The second-order valence-electron chi connectivity index (χ2n) is 6.00. The smallest absolute Gasteiger partial charge is 0.0351 e. The summed E-state index contributed by atoms with van der Waals surface area (Å²) in [4.78, 5) is 0. The van der Waals surface area contributed by atoms with E-state index in [1.807, 2.05) is 0 Å². The van der Waals surface area contributed by atoms with Crippen LogP contribution in [0.4, 0.5) is 0 Å². The highest BCUT2D eigenvalue weighted by molar-refractivity contribution is 5.21. The van der Waals surface area contributed by atoms with Gasteiger partial charge in [0.05, 0.1) is 0 Å². The van der Waals surface area contributed by atoms with Crippen molar-refractivity contribution in [2.24, 2.45) is 11.7 Å². The molecule has 2 aliphatic carbocycles. The molecule has 2 aliphatic rings. The average Bonchev–Trinajstić information content (AvgIpc) is 3.23. The summed E-state index contributed by atoms with van der Waals surface area (Å²) in [6.45, 7) is 0. The van der Waals surface area contributed by atoms with Gasteiger partial charge in [-0.05, 0) is 50.0 Å². The molecule has 0 spiro atoms. The van der Waals surface area contributed by atoms with Crippen LogP contribution in [-0.2, 0) is 0 Å². The van der Waals surface area contributed by atoms with E-state index < -0.39 is 0 Å². The number of nitrogens with two attached hydrogens (primary N) is 1. The third kappa shape index (κ3) is 2.93. The van der Waals surface area contributed by atoms with Gasteiger partial charge >= 0.3 is 0 Å². The Bertz CT molecular complexity index is 364. The molecule has 2 saturated carbocycles. The summed E-state index contributed by atoms with van der Waals surface area (Å²) >= 11 is 0. The van der Waals surface area contributed by atoms with Crippen molar-refractivity contribution in [3.63, 3.8) is 0 Å². The van der Waals surface area contributed by atoms with E-state index in [-0.39, 0.29) is 0 Å². The zero-order chi connectivity index (χ0) is 12.4. The van der Waals surface area contributed by atoms with Crippen molar-refractivity contribution < 1.29 is 0 Å². The molecule has 2 nitrogen and oxygen atoms in total. The first-order chi connectivity index (χ1) is 8.83. The molecule has 1 unspecified atom stereocenters. The van der Waals surface area contributed by atoms with Crippen LogP contribution >= 0.6 is 0 Å². The fraction of sp³-hybridized carbons (Fsp3) is 0.625. The largest absolute Gasteiger partial charge is 0.328 e. The van der Waals surface area contributed by atoms with E-state index in [1.54, 1.807) is 0 Å². The Labute approximate surface area is 110 Å². The minimum atomic E-state index is 0.444. The van der Waals surface area contributed by atoms with Crippen LogP contribution in [0.25, 0.3) is 0 Å². The second kappa shape index (κ2) is 5.41. The molecule has 3 N–H and O–H groups in total. The molecule has 0 bridgehead atoms. The molecule has 0 aromatic heterocycles. The molecule has 3 rings (SSSR count). The third-order valence-electron chi connectivity index (χ3n) is 4.44. The van der Waals surface area contributed by atoms with Crippen LogP contribution in [0.2, 0.25) is 0 Å². The monoisotopic (exact) mass is 244 g/mol. The number of benzene rings is 1. The van der Waals surface area contributed by atoms with E-state index in [1.165, 1.54) is 44.1 Å². The maximum atomic E-state index is 5.98. The van der Waals surface area contributed by atoms with Gasteiger partial charge in [-0.2, -0.15) is 0 Å². The van der Waals surface area contributed by atoms with Crippen molar-refractivity contribution in [1.82, 2.24) is 5.32 Å². The quantitative estimate of drug-likeness (QED) is 0.854. The van der Waals surface area contributed by atoms with Crippen LogP contribution < -0.4 is 11.1 Å². The summed E-state index contributed by atoms with van der Waals surface area (Å²) in [5, 5.41) is 3.90. The Morgan fingerprint density at radius 1 is 0.944 bits per heavy atom. The molecular weight excluding hydrogens is 220 g/mol. The molecule has 2 fully saturated rings. The molecule has 0 radical (unpaired) electrons. The summed E-state index contributed by atoms with van der Waals surface area (Å²) < 4.78 is 0. The van der Waals surface area contributed by atoms with Crippen molar-refractivity contribution in [2.75, 3.05) is 0 Å². The van der Waals surface area contributed by atoms with Gasteiger partial charge in [0.1, 0.15) is 0 Å². The minimum Gasteiger partial charge on any atom is -0.328 e. The van der Waals surface area contributed by atoms with Gasteiger partial charge in [0.2, 0.25) is 0 Å². The highest BCUT2D eigenvalue weighted by Gasteiger charge is 2.34. The van der Waals surface area contributed by atoms with Crippen molar-refractivity contribution in [3.05, 3.63) is 35.9 Å². The van der Waals surface area contributed by atoms with Gasteiger partial charge in [0.15, 0.2) is 0 Å². The van der Waals surface area contributed by atoms with Crippen molar-refractivity contribution in [2.45, 2.75) is 56.7 Å². The topological polar surface area (TPSA) is 38.0 Å². The fourth-order valence-electron chi connectivity index (χ4n) is 3.13. The predicted molar refractivity (Wildman–Crippen MR) is 75.3 cm³/mol. The van der Waals surface area contributed by atoms with Gasteiger partial charge in [0.25, 0.3) is 0 Å². The SMILES string of the molecule is NC1CCC(NC(c2ccccc2)C2CC2)CC1. The minimum absolute atomic E-state index is 0.444. The molecule has 18 heavy (non-hydrogen) atoms. The van der Waals surface area contributed by atoms with Gasteiger partial charge in [-0.15, -0.1) is 0 Å². The number of hydrogen-bond acceptors (Lipinski definition) is 2. The maximum absolute atomic E-state index is 5.98. The molecule has 0 saturated heterocycles. The summed E-state index contributed by atoms with van der Waals surface area (Å²) in [5.74, 6) is 0.864. The molecular formula is C16H24N2. The Morgan fingerprint density at radius 3 is 2.22 bits per heavy atom. The van der Waals surface area contributed by atoms with Crippen molar-refractivity contribution in [3.8, 4) is 0 Å². The first kappa shape index (κ1) is 12.2. The Kier molecular flexibility index (Phi) is 3.67. The van der Waals surface area contributed by atoms with Crippen molar-refractivity contribution in [1.29, 1.82) is 0 Å².